The number of para-hydroxylation sites is 2. The number of hydrogen-bond acceptors (Lipinski definition) is 1. The van der Waals surface area contributed by atoms with Gasteiger partial charge in [0.15, 0.2) is 0 Å². The van der Waals surface area contributed by atoms with E-state index in [0.717, 1.165) is 29.4 Å². The zero-order valence-corrected chi connectivity index (χ0v) is 8.61. The van der Waals surface area contributed by atoms with Gasteiger partial charge in [-0.1, -0.05) is 12.1 Å². The minimum atomic E-state index is 1.04. The molecule has 0 bridgehead atoms. The van der Waals surface area contributed by atoms with Crippen LogP contribution in [-0.2, 0) is 6.42 Å². The van der Waals surface area contributed by atoms with Crippen LogP contribution in [-0.4, -0.2) is 16.1 Å². The third kappa shape index (κ3) is 1.89. The van der Waals surface area contributed by atoms with Gasteiger partial charge in [0.05, 0.1) is 11.0 Å². The van der Waals surface area contributed by atoms with Crippen molar-refractivity contribution in [2.75, 3.05) is 6.16 Å². The minimum Gasteiger partial charge on any atom is -0.342 e. The maximum atomic E-state index is 4.49. The average Bonchev–Trinajstić information content (AvgIpc) is 2.57. The van der Waals surface area contributed by atoms with Gasteiger partial charge in [-0.05, 0) is 24.7 Å². The van der Waals surface area contributed by atoms with Crippen molar-refractivity contribution in [3.8, 4) is 0 Å². The Balaban J connectivity index is 2.28. The minimum absolute atomic E-state index is 1.04. The van der Waals surface area contributed by atoms with Crippen LogP contribution in [0.15, 0.2) is 24.3 Å². The van der Waals surface area contributed by atoms with E-state index < -0.39 is 0 Å². The first-order valence-corrected chi connectivity index (χ1v) is 5.35. The predicted octanol–water partition coefficient (Wildman–Crippen LogP) is 2.37. The van der Waals surface area contributed by atoms with E-state index in [2.05, 4.69) is 25.3 Å². The molecule has 2 rings (SSSR count). The predicted molar refractivity (Wildman–Crippen MR) is 59.0 cm³/mol. The van der Waals surface area contributed by atoms with Crippen LogP contribution in [0.5, 0.6) is 0 Å². The van der Waals surface area contributed by atoms with Crippen molar-refractivity contribution in [3.63, 3.8) is 0 Å². The summed E-state index contributed by atoms with van der Waals surface area (Å²) in [4.78, 5) is 7.80. The Morgan fingerprint density at radius 3 is 2.92 bits per heavy atom. The quantitative estimate of drug-likeness (QED) is 0.743. The highest BCUT2D eigenvalue weighted by Crippen LogP contribution is 2.11. The second kappa shape index (κ2) is 3.89. The summed E-state index contributed by atoms with van der Waals surface area (Å²) in [6, 6.07) is 8.14. The Morgan fingerprint density at radius 1 is 1.31 bits per heavy atom. The zero-order valence-electron chi connectivity index (χ0n) is 7.46. The Kier molecular flexibility index (Phi) is 2.60. The van der Waals surface area contributed by atoms with E-state index >= 15 is 0 Å². The number of aromatic nitrogens is 2. The molecular formula is C10H13N2P. The first-order valence-electron chi connectivity index (χ1n) is 4.54. The molecule has 0 radical (unpaired) electrons. The number of nitrogens with one attached hydrogen (secondary N) is 1. The van der Waals surface area contributed by atoms with E-state index in [1.165, 1.54) is 6.42 Å². The van der Waals surface area contributed by atoms with Crippen molar-refractivity contribution in [2.45, 2.75) is 12.8 Å². The number of nitrogens with zero attached hydrogens (tertiary/aromatic N) is 1. The van der Waals surface area contributed by atoms with Crippen molar-refractivity contribution >= 4 is 20.3 Å². The number of H-pyrrole nitrogens is 1. The van der Waals surface area contributed by atoms with Crippen LogP contribution in [0.2, 0.25) is 0 Å². The van der Waals surface area contributed by atoms with Gasteiger partial charge in [0.1, 0.15) is 5.82 Å². The maximum absolute atomic E-state index is 4.49. The molecule has 1 unspecified atom stereocenters. The van der Waals surface area contributed by atoms with Crippen molar-refractivity contribution in [3.05, 3.63) is 30.1 Å². The molecule has 0 saturated carbocycles. The lowest BCUT2D eigenvalue weighted by molar-refractivity contribution is 0.870. The van der Waals surface area contributed by atoms with Crippen LogP contribution in [0.4, 0.5) is 0 Å². The molecule has 13 heavy (non-hydrogen) atoms. The van der Waals surface area contributed by atoms with E-state index in [4.69, 9.17) is 0 Å². The molecule has 0 aliphatic heterocycles. The second-order valence-corrected chi connectivity index (χ2v) is 3.67. The highest BCUT2D eigenvalue weighted by Gasteiger charge is 1.99. The van der Waals surface area contributed by atoms with Crippen LogP contribution in [0, 0.1) is 0 Å². The van der Waals surface area contributed by atoms with Crippen LogP contribution >= 0.6 is 9.24 Å². The van der Waals surface area contributed by atoms with E-state index in [9.17, 15) is 0 Å². The summed E-state index contributed by atoms with van der Waals surface area (Å²) in [6.07, 6.45) is 3.35. The van der Waals surface area contributed by atoms with Crippen LogP contribution in [0.25, 0.3) is 11.0 Å². The highest BCUT2D eigenvalue weighted by molar-refractivity contribution is 7.16. The second-order valence-electron chi connectivity index (χ2n) is 3.09. The summed E-state index contributed by atoms with van der Waals surface area (Å²) in [5, 5.41) is 0. The zero-order chi connectivity index (χ0) is 9.10. The largest absolute Gasteiger partial charge is 0.342 e. The summed E-state index contributed by atoms with van der Waals surface area (Å²) in [7, 11) is 2.74. The van der Waals surface area contributed by atoms with Gasteiger partial charge < -0.3 is 4.98 Å². The third-order valence-electron chi connectivity index (χ3n) is 2.06. The van der Waals surface area contributed by atoms with Crippen molar-refractivity contribution in [2.24, 2.45) is 0 Å². The molecule has 68 valence electrons. The lowest BCUT2D eigenvalue weighted by Gasteiger charge is -1.90. The molecule has 0 aliphatic carbocycles. The summed E-state index contributed by atoms with van der Waals surface area (Å²) in [5.41, 5.74) is 2.21. The molecule has 0 amide bonds. The number of benzene rings is 1. The fraction of sp³-hybridized carbons (Fsp3) is 0.300. The van der Waals surface area contributed by atoms with Crippen molar-refractivity contribution in [1.82, 2.24) is 9.97 Å². The molecule has 3 heteroatoms. The molecule has 0 aliphatic rings. The van der Waals surface area contributed by atoms with Gasteiger partial charge >= 0.3 is 0 Å². The molecule has 2 aromatic rings. The fourth-order valence-electron chi connectivity index (χ4n) is 1.39. The van der Waals surface area contributed by atoms with Gasteiger partial charge in [-0.15, -0.1) is 9.24 Å². The van der Waals surface area contributed by atoms with E-state index in [0.29, 0.717) is 0 Å². The molecule has 1 aromatic carbocycles. The highest BCUT2D eigenvalue weighted by atomic mass is 31.0. The summed E-state index contributed by atoms with van der Waals surface area (Å²) in [5.74, 6) is 1.10. The first kappa shape index (κ1) is 8.71. The number of rotatable bonds is 3. The Morgan fingerprint density at radius 2 is 2.15 bits per heavy atom. The fourth-order valence-corrected chi connectivity index (χ4v) is 1.60. The SMILES string of the molecule is PCCCc1nc2ccccc2[nH]1. The van der Waals surface area contributed by atoms with Crippen molar-refractivity contribution in [1.29, 1.82) is 0 Å². The first-order chi connectivity index (χ1) is 6.40. The molecule has 0 spiro atoms. The topological polar surface area (TPSA) is 28.7 Å². The number of imidazole rings is 1. The smallest absolute Gasteiger partial charge is 0.107 e. The van der Waals surface area contributed by atoms with Gasteiger partial charge in [0.25, 0.3) is 0 Å². The van der Waals surface area contributed by atoms with Gasteiger partial charge in [0.2, 0.25) is 0 Å². The molecule has 0 fully saturated rings. The van der Waals surface area contributed by atoms with Crippen molar-refractivity contribution < 1.29 is 0 Å². The van der Waals surface area contributed by atoms with Crippen LogP contribution < -0.4 is 0 Å². The standard InChI is InChI=1S/C10H13N2P/c13-7-3-6-10-11-8-4-1-2-5-9(8)12-10/h1-2,4-5H,3,6-7,13H2,(H,11,12). The monoisotopic (exact) mass is 192 g/mol. The molecule has 1 N–H and O–H groups in total. The third-order valence-corrected chi connectivity index (χ3v) is 2.46. The van der Waals surface area contributed by atoms with Gasteiger partial charge in [-0.3, -0.25) is 0 Å². The van der Waals surface area contributed by atoms with E-state index in [1.54, 1.807) is 0 Å². The summed E-state index contributed by atoms with van der Waals surface area (Å²) in [6.45, 7) is 0. The van der Waals surface area contributed by atoms with Crippen LogP contribution in [0.3, 0.4) is 0 Å². The Hall–Kier alpha value is -0.880. The average molecular weight is 192 g/mol. The summed E-state index contributed by atoms with van der Waals surface area (Å²) < 4.78 is 0. The lowest BCUT2D eigenvalue weighted by Crippen LogP contribution is -1.87. The molecule has 2 nitrogen and oxygen atoms in total. The molecule has 0 saturated heterocycles. The number of aryl methyl sites for hydroxylation is 1. The number of hydrogen-bond donors (Lipinski definition) is 1. The van der Waals surface area contributed by atoms with Gasteiger partial charge in [-0.25, -0.2) is 4.98 Å². The number of fused-ring (bicyclic) bond motifs is 1. The van der Waals surface area contributed by atoms with Gasteiger partial charge in [-0.2, -0.15) is 0 Å². The van der Waals surface area contributed by atoms with E-state index in [-0.39, 0.29) is 0 Å². The van der Waals surface area contributed by atoms with E-state index in [1.807, 2.05) is 18.2 Å². The molecular weight excluding hydrogens is 179 g/mol. The molecule has 1 aromatic heterocycles. The Labute approximate surface area is 80.0 Å². The lowest BCUT2D eigenvalue weighted by atomic mass is 10.3. The summed E-state index contributed by atoms with van der Waals surface area (Å²) >= 11 is 0. The number of aromatic amines is 1. The Bertz CT molecular complexity index is 361. The normalized spacial score (nSPS) is 10.8. The van der Waals surface area contributed by atoms with Crippen LogP contribution in [0.1, 0.15) is 12.2 Å². The van der Waals surface area contributed by atoms with Gasteiger partial charge in [0, 0.05) is 6.42 Å². The maximum Gasteiger partial charge on any atom is 0.107 e. The molecule has 1 heterocycles. The molecule has 1 atom stereocenters.